The van der Waals surface area contributed by atoms with Crippen LogP contribution < -0.4 is 17.3 Å². The van der Waals surface area contributed by atoms with Gasteiger partial charge in [-0.15, -0.1) is 0 Å². The average molecular weight is 470 g/mol. The Bertz CT molecular complexity index is 1170. The number of primary amides is 1. The predicted molar refractivity (Wildman–Crippen MR) is 129 cm³/mol. The predicted octanol–water partition coefficient (Wildman–Crippen LogP) is 1.91. The Morgan fingerprint density at radius 1 is 1.24 bits per heavy atom. The summed E-state index contributed by atoms with van der Waals surface area (Å²) in [6.45, 7) is 1.91. The molecule has 0 bridgehead atoms. The second-order valence-corrected chi connectivity index (χ2v) is 8.58. The third-order valence-corrected chi connectivity index (χ3v) is 6.00. The van der Waals surface area contributed by atoms with E-state index in [9.17, 15) is 9.59 Å². The second kappa shape index (κ2) is 9.24. The van der Waals surface area contributed by atoms with Crippen LogP contribution in [-0.4, -0.2) is 53.1 Å². The number of quaternary nitrogens is 2. The summed E-state index contributed by atoms with van der Waals surface area (Å²) in [5, 5.41) is 7.46. The quantitative estimate of drug-likeness (QED) is 0.122. The number of hydrogen-bond donors (Lipinski definition) is 4. The number of nitrogens with one attached hydrogen (secondary N) is 1. The number of anilines is 1. The highest BCUT2D eigenvalue weighted by molar-refractivity contribution is 6.40. The molecule has 0 saturated carbocycles. The normalized spacial score (nSPS) is 20.2. The first-order chi connectivity index (χ1) is 15.5. The van der Waals surface area contributed by atoms with Crippen LogP contribution in [0.4, 0.5) is 5.69 Å². The summed E-state index contributed by atoms with van der Waals surface area (Å²) in [6, 6.07) is 14.0. The molecule has 7 N–H and O–H groups in total. The van der Waals surface area contributed by atoms with Crippen molar-refractivity contribution in [2.45, 2.75) is 13.5 Å². The average Bonchev–Trinajstić information content (AvgIpc) is 2.76. The van der Waals surface area contributed by atoms with Crippen LogP contribution in [0.3, 0.4) is 0 Å². The van der Waals surface area contributed by atoms with Gasteiger partial charge in [-0.05, 0) is 30.7 Å². The standard InChI is InChI=1S/C23H27ClN7O2/c1-3-30(2,28)22-23(33)31(14-19(27)32,13-16-9-7-15(12-25)8-10-16)20(21(24)29-22)17-5-4-6-18(26)11-17/h4-12,25H,3,13-14,26,28H2,1-2H3,(H-,27,32)/q+1/p+1. The summed E-state index contributed by atoms with van der Waals surface area (Å²) in [4.78, 5) is 30.8. The SMILES string of the molecule is CC[N+](C)(N)C1=NC(Cl)=C(c2cccc(N)c2)[N+](CC(N)=O)(Cc2ccc(C=N)cc2)C1=O. The number of likely N-dealkylation sites (N-methyl/N-ethyl adjacent to an activating group) is 1. The Morgan fingerprint density at radius 2 is 1.91 bits per heavy atom. The Morgan fingerprint density at radius 3 is 2.45 bits per heavy atom. The van der Waals surface area contributed by atoms with Crippen molar-refractivity contribution in [3.8, 4) is 0 Å². The fourth-order valence-electron chi connectivity index (χ4n) is 3.85. The van der Waals surface area contributed by atoms with E-state index in [2.05, 4.69) is 4.99 Å². The van der Waals surface area contributed by atoms with E-state index in [1.165, 1.54) is 6.21 Å². The largest absolute Gasteiger partial charge is 0.428 e. The van der Waals surface area contributed by atoms with Gasteiger partial charge in [-0.3, -0.25) is 4.79 Å². The third-order valence-electron chi connectivity index (χ3n) is 5.73. The highest BCUT2D eigenvalue weighted by atomic mass is 35.5. The Kier molecular flexibility index (Phi) is 6.80. The van der Waals surface area contributed by atoms with Crippen molar-refractivity contribution in [2.75, 3.05) is 25.9 Å². The summed E-state index contributed by atoms with van der Waals surface area (Å²) < 4.78 is -0.837. The van der Waals surface area contributed by atoms with E-state index in [4.69, 9.17) is 34.3 Å². The van der Waals surface area contributed by atoms with E-state index in [1.807, 2.05) is 6.92 Å². The first kappa shape index (κ1) is 24.3. The van der Waals surface area contributed by atoms with Crippen molar-refractivity contribution < 1.29 is 18.7 Å². The van der Waals surface area contributed by atoms with Gasteiger partial charge < -0.3 is 16.9 Å². The van der Waals surface area contributed by atoms with Gasteiger partial charge in [0.15, 0.2) is 17.4 Å². The van der Waals surface area contributed by atoms with E-state index in [-0.39, 0.29) is 28.7 Å². The summed E-state index contributed by atoms with van der Waals surface area (Å²) >= 11 is 6.71. The first-order valence-corrected chi connectivity index (χ1v) is 10.7. The van der Waals surface area contributed by atoms with Gasteiger partial charge >= 0.3 is 11.7 Å². The smallest absolute Gasteiger partial charge is 0.399 e. The van der Waals surface area contributed by atoms with Gasteiger partial charge in [-0.1, -0.05) is 41.9 Å². The van der Waals surface area contributed by atoms with Crippen molar-refractivity contribution >= 4 is 46.8 Å². The van der Waals surface area contributed by atoms with Crippen LogP contribution in [0.2, 0.25) is 0 Å². The lowest BCUT2D eigenvalue weighted by molar-refractivity contribution is -0.842. The molecule has 0 aromatic heterocycles. The van der Waals surface area contributed by atoms with Gasteiger partial charge in [0.25, 0.3) is 5.91 Å². The molecule has 0 saturated heterocycles. The van der Waals surface area contributed by atoms with Crippen molar-refractivity contribution in [2.24, 2.45) is 16.6 Å². The van der Waals surface area contributed by atoms with E-state index < -0.39 is 16.3 Å². The Balaban J connectivity index is 2.33. The van der Waals surface area contributed by atoms with Crippen LogP contribution >= 0.6 is 11.6 Å². The zero-order valence-corrected chi connectivity index (χ0v) is 19.3. The highest BCUT2D eigenvalue weighted by Gasteiger charge is 2.55. The van der Waals surface area contributed by atoms with E-state index in [1.54, 1.807) is 55.6 Å². The molecule has 33 heavy (non-hydrogen) atoms. The topological polar surface area (TPSA) is 148 Å². The molecule has 2 unspecified atom stereocenters. The maximum atomic E-state index is 14.1. The van der Waals surface area contributed by atoms with Crippen LogP contribution in [0.1, 0.15) is 23.6 Å². The number of carbonyl (C=O) groups excluding carboxylic acids is 2. The number of amides is 2. The van der Waals surface area contributed by atoms with Gasteiger partial charge in [0.2, 0.25) is 0 Å². The van der Waals surface area contributed by atoms with Crippen molar-refractivity contribution in [1.29, 1.82) is 5.41 Å². The highest BCUT2D eigenvalue weighted by Crippen LogP contribution is 2.40. The summed E-state index contributed by atoms with van der Waals surface area (Å²) in [5.74, 6) is 5.23. The molecule has 2 atom stereocenters. The van der Waals surface area contributed by atoms with Crippen molar-refractivity contribution in [3.63, 3.8) is 0 Å². The minimum Gasteiger partial charge on any atom is -0.399 e. The second-order valence-electron chi connectivity index (χ2n) is 8.23. The molecule has 1 aliphatic rings. The monoisotopic (exact) mass is 469 g/mol. The van der Waals surface area contributed by atoms with Gasteiger partial charge in [-0.2, -0.15) is 15.4 Å². The van der Waals surface area contributed by atoms with Gasteiger partial charge in [0, 0.05) is 23.0 Å². The zero-order chi connectivity index (χ0) is 24.4. The third kappa shape index (κ3) is 4.71. The molecular formula is C23H28ClN7O2+2. The van der Waals surface area contributed by atoms with Gasteiger partial charge in [0.1, 0.15) is 6.54 Å². The van der Waals surface area contributed by atoms with Crippen LogP contribution in [0.15, 0.2) is 58.7 Å². The van der Waals surface area contributed by atoms with E-state index in [0.717, 1.165) is 5.56 Å². The Labute approximate surface area is 197 Å². The molecule has 2 aromatic rings. The molecule has 3 rings (SSSR count). The van der Waals surface area contributed by atoms with Crippen LogP contribution in [0.25, 0.3) is 5.70 Å². The van der Waals surface area contributed by atoms with E-state index in [0.29, 0.717) is 29.1 Å². The molecule has 0 radical (unpaired) electrons. The van der Waals surface area contributed by atoms with Gasteiger partial charge in [-0.25, -0.2) is 9.28 Å². The molecule has 1 heterocycles. The molecular weight excluding hydrogens is 442 g/mol. The first-order valence-electron chi connectivity index (χ1n) is 10.3. The number of amidine groups is 1. The lowest BCUT2D eigenvalue weighted by Crippen LogP contribution is -2.67. The van der Waals surface area contributed by atoms with Crippen molar-refractivity contribution in [1.82, 2.24) is 0 Å². The maximum Gasteiger partial charge on any atom is 0.428 e. The summed E-state index contributed by atoms with van der Waals surface area (Å²) in [7, 11) is 1.64. The van der Waals surface area contributed by atoms with Crippen LogP contribution in [0.5, 0.6) is 0 Å². The molecule has 0 spiro atoms. The lowest BCUT2D eigenvalue weighted by Gasteiger charge is -2.40. The van der Waals surface area contributed by atoms with Crippen molar-refractivity contribution in [3.05, 3.63) is 70.4 Å². The molecule has 2 aromatic carbocycles. The number of hydrogen-bond acceptors (Lipinski definition) is 6. The maximum absolute atomic E-state index is 14.1. The fraction of sp³-hybridized carbons (Fsp3) is 0.217. The minimum atomic E-state index is -0.686. The summed E-state index contributed by atoms with van der Waals surface area (Å²) in [5.41, 5.74) is 14.5. The molecule has 172 valence electrons. The minimum absolute atomic E-state index is 0.0208. The molecule has 1 aliphatic heterocycles. The summed E-state index contributed by atoms with van der Waals surface area (Å²) in [6.07, 6.45) is 1.22. The molecule has 2 amide bonds. The number of nitrogens with zero attached hydrogens (tertiary/aromatic N) is 3. The fourth-order valence-corrected chi connectivity index (χ4v) is 4.20. The number of nitrogens with two attached hydrogens (primary N) is 3. The number of rotatable bonds is 7. The van der Waals surface area contributed by atoms with Crippen LogP contribution in [-0.2, 0) is 16.1 Å². The number of aliphatic imine (C=N–C) groups is 1. The molecule has 10 heteroatoms. The number of benzene rings is 2. The lowest BCUT2D eigenvalue weighted by atomic mass is 10.0. The Hall–Kier alpha value is -3.37. The van der Waals surface area contributed by atoms with E-state index >= 15 is 0 Å². The molecule has 9 nitrogen and oxygen atoms in total. The zero-order valence-electron chi connectivity index (χ0n) is 18.6. The number of nitrogen functional groups attached to an aromatic ring is 1. The molecule has 0 aliphatic carbocycles. The molecule has 0 fully saturated rings. The van der Waals surface area contributed by atoms with Crippen LogP contribution in [0, 0.1) is 5.41 Å². The van der Waals surface area contributed by atoms with Gasteiger partial charge in [0.05, 0.1) is 13.6 Å². The number of carbonyl (C=O) groups is 2. The number of halogens is 1.